The van der Waals surface area contributed by atoms with Crippen LogP contribution < -0.4 is 5.73 Å². The molecule has 0 heterocycles. The Hall–Kier alpha value is -2.94. The van der Waals surface area contributed by atoms with E-state index >= 15 is 0 Å². The van der Waals surface area contributed by atoms with Crippen molar-refractivity contribution < 1.29 is 0 Å². The highest BCUT2D eigenvalue weighted by Crippen LogP contribution is 2.38. The lowest BCUT2D eigenvalue weighted by molar-refractivity contribution is 1.06. The molecule has 0 spiro atoms. The zero-order chi connectivity index (χ0) is 15.4. The molecule has 0 saturated heterocycles. The van der Waals surface area contributed by atoms with Crippen LogP contribution in [0.25, 0.3) is 22.3 Å². The van der Waals surface area contributed by atoms with Gasteiger partial charge in [0, 0.05) is 16.8 Å². The van der Waals surface area contributed by atoms with Gasteiger partial charge in [-0.2, -0.15) is 4.91 Å². The molecule has 3 heteroatoms. The highest BCUT2D eigenvalue weighted by atomic mass is 16.3. The SMILES string of the molecule is Nc1c(CN=O)ccc(-c2ccccc2)c1-c1ccccc1. The van der Waals surface area contributed by atoms with Gasteiger partial charge in [0.1, 0.15) is 6.54 Å². The van der Waals surface area contributed by atoms with Crippen molar-refractivity contribution >= 4 is 5.69 Å². The molecule has 3 aromatic rings. The molecule has 108 valence electrons. The molecule has 0 amide bonds. The monoisotopic (exact) mass is 288 g/mol. The zero-order valence-corrected chi connectivity index (χ0v) is 12.1. The Labute approximate surface area is 129 Å². The Balaban J connectivity index is 2.27. The van der Waals surface area contributed by atoms with Gasteiger partial charge in [-0.25, -0.2) is 0 Å². The van der Waals surface area contributed by atoms with E-state index < -0.39 is 0 Å². The Kier molecular flexibility index (Phi) is 3.97. The first kappa shape index (κ1) is 14.0. The number of hydrogen-bond donors (Lipinski definition) is 1. The fourth-order valence-corrected chi connectivity index (χ4v) is 2.64. The minimum Gasteiger partial charge on any atom is -0.398 e. The molecule has 0 unspecified atom stereocenters. The van der Waals surface area contributed by atoms with E-state index in [1.807, 2.05) is 60.7 Å². The second-order valence-electron chi connectivity index (χ2n) is 5.08. The van der Waals surface area contributed by atoms with Crippen molar-refractivity contribution in [3.63, 3.8) is 0 Å². The van der Waals surface area contributed by atoms with Gasteiger partial charge in [-0.1, -0.05) is 78.0 Å². The quantitative estimate of drug-likeness (QED) is 0.550. The number of anilines is 1. The minimum atomic E-state index is 0.0841. The van der Waals surface area contributed by atoms with E-state index in [1.165, 1.54) is 0 Å². The maximum absolute atomic E-state index is 10.6. The molecule has 0 aliphatic rings. The number of nitrogen functional groups attached to an aromatic ring is 1. The number of nitrogens with two attached hydrogens (primary N) is 1. The third-order valence-electron chi connectivity index (χ3n) is 3.72. The third-order valence-corrected chi connectivity index (χ3v) is 3.72. The van der Waals surface area contributed by atoms with Gasteiger partial charge in [-0.15, -0.1) is 0 Å². The summed E-state index contributed by atoms with van der Waals surface area (Å²) in [5.41, 5.74) is 11.9. The van der Waals surface area contributed by atoms with Crippen molar-refractivity contribution in [1.82, 2.24) is 0 Å². The maximum Gasteiger partial charge on any atom is 0.108 e. The topological polar surface area (TPSA) is 55.4 Å². The molecule has 22 heavy (non-hydrogen) atoms. The van der Waals surface area contributed by atoms with E-state index in [1.54, 1.807) is 0 Å². The van der Waals surface area contributed by atoms with Gasteiger partial charge >= 0.3 is 0 Å². The van der Waals surface area contributed by atoms with Crippen LogP contribution in [0.4, 0.5) is 5.69 Å². The van der Waals surface area contributed by atoms with Crippen LogP contribution in [0, 0.1) is 4.91 Å². The molecule has 3 aromatic carbocycles. The number of benzene rings is 3. The Morgan fingerprint density at radius 2 is 1.36 bits per heavy atom. The molecular formula is C19H16N2O. The van der Waals surface area contributed by atoms with Crippen LogP contribution in [0.1, 0.15) is 5.56 Å². The lowest BCUT2D eigenvalue weighted by atomic mass is 9.91. The van der Waals surface area contributed by atoms with E-state index in [0.29, 0.717) is 5.69 Å². The second-order valence-corrected chi connectivity index (χ2v) is 5.08. The summed E-state index contributed by atoms with van der Waals surface area (Å²) in [6, 6.07) is 24.0. The molecule has 0 saturated carbocycles. The number of hydrogen-bond acceptors (Lipinski definition) is 3. The van der Waals surface area contributed by atoms with Crippen LogP contribution in [-0.4, -0.2) is 0 Å². The Bertz CT molecular complexity index is 783. The smallest absolute Gasteiger partial charge is 0.108 e. The van der Waals surface area contributed by atoms with E-state index in [4.69, 9.17) is 5.73 Å². The van der Waals surface area contributed by atoms with Gasteiger partial charge in [-0.05, 0) is 16.7 Å². The van der Waals surface area contributed by atoms with Crippen LogP contribution >= 0.6 is 0 Å². The van der Waals surface area contributed by atoms with Gasteiger partial charge in [0.15, 0.2) is 0 Å². The van der Waals surface area contributed by atoms with Gasteiger partial charge in [0.25, 0.3) is 0 Å². The first-order valence-electron chi connectivity index (χ1n) is 7.12. The van der Waals surface area contributed by atoms with Gasteiger partial charge < -0.3 is 5.73 Å². The minimum absolute atomic E-state index is 0.0841. The predicted octanol–water partition coefficient (Wildman–Crippen LogP) is 4.87. The van der Waals surface area contributed by atoms with Crippen molar-refractivity contribution in [3.8, 4) is 22.3 Å². The predicted molar refractivity (Wildman–Crippen MR) is 91.2 cm³/mol. The average molecular weight is 288 g/mol. The summed E-state index contributed by atoms with van der Waals surface area (Å²) in [5.74, 6) is 0. The average Bonchev–Trinajstić information content (AvgIpc) is 2.58. The molecule has 0 aliphatic heterocycles. The highest BCUT2D eigenvalue weighted by molar-refractivity contribution is 5.92. The summed E-state index contributed by atoms with van der Waals surface area (Å²) in [5, 5.41) is 2.97. The highest BCUT2D eigenvalue weighted by Gasteiger charge is 2.14. The van der Waals surface area contributed by atoms with Crippen LogP contribution in [0.2, 0.25) is 0 Å². The maximum atomic E-state index is 10.6. The van der Waals surface area contributed by atoms with Crippen LogP contribution in [0.15, 0.2) is 78.0 Å². The summed E-state index contributed by atoms with van der Waals surface area (Å²) >= 11 is 0. The van der Waals surface area contributed by atoms with Gasteiger partial charge in [-0.3, -0.25) is 0 Å². The molecule has 0 bridgehead atoms. The largest absolute Gasteiger partial charge is 0.398 e. The first-order valence-corrected chi connectivity index (χ1v) is 7.12. The number of rotatable bonds is 4. The van der Waals surface area contributed by atoms with Crippen molar-refractivity contribution in [3.05, 3.63) is 83.3 Å². The fourth-order valence-electron chi connectivity index (χ4n) is 2.64. The summed E-state index contributed by atoms with van der Waals surface area (Å²) in [7, 11) is 0. The summed E-state index contributed by atoms with van der Waals surface area (Å²) < 4.78 is 0. The molecule has 3 rings (SSSR count). The van der Waals surface area contributed by atoms with Crippen LogP contribution in [-0.2, 0) is 6.54 Å². The van der Waals surface area contributed by atoms with E-state index in [9.17, 15) is 4.91 Å². The summed E-state index contributed by atoms with van der Waals surface area (Å²) in [6.45, 7) is 0.0841. The molecule has 2 N–H and O–H groups in total. The molecule has 3 nitrogen and oxygen atoms in total. The molecule has 0 aromatic heterocycles. The lowest BCUT2D eigenvalue weighted by Crippen LogP contribution is -1.99. The van der Waals surface area contributed by atoms with Crippen molar-refractivity contribution in [1.29, 1.82) is 0 Å². The molecule has 0 atom stereocenters. The normalized spacial score (nSPS) is 10.4. The standard InChI is InChI=1S/C19H16N2O/c20-19-16(13-21-22)11-12-17(14-7-3-1-4-8-14)18(19)15-9-5-2-6-10-15/h1-12H,13,20H2. The first-order chi connectivity index (χ1) is 10.8. The molecule has 0 fully saturated rings. The third kappa shape index (κ3) is 2.61. The lowest BCUT2D eigenvalue weighted by Gasteiger charge is -2.15. The van der Waals surface area contributed by atoms with Gasteiger partial charge in [0.2, 0.25) is 0 Å². The summed E-state index contributed by atoms with van der Waals surface area (Å²) in [4.78, 5) is 10.6. The van der Waals surface area contributed by atoms with Crippen molar-refractivity contribution in [2.75, 3.05) is 5.73 Å². The number of nitroso groups, excluding NO2 is 1. The second kappa shape index (κ2) is 6.22. The molecule has 0 aliphatic carbocycles. The van der Waals surface area contributed by atoms with Gasteiger partial charge in [0.05, 0.1) is 0 Å². The zero-order valence-electron chi connectivity index (χ0n) is 12.1. The fraction of sp³-hybridized carbons (Fsp3) is 0.0526. The number of nitrogens with zero attached hydrogens (tertiary/aromatic N) is 1. The van der Waals surface area contributed by atoms with Crippen molar-refractivity contribution in [2.45, 2.75) is 6.54 Å². The van der Waals surface area contributed by atoms with E-state index in [0.717, 1.165) is 27.8 Å². The Morgan fingerprint density at radius 3 is 1.95 bits per heavy atom. The molecular weight excluding hydrogens is 272 g/mol. The van der Waals surface area contributed by atoms with Crippen LogP contribution in [0.3, 0.4) is 0 Å². The van der Waals surface area contributed by atoms with Crippen LogP contribution in [0.5, 0.6) is 0 Å². The van der Waals surface area contributed by atoms with Crippen molar-refractivity contribution in [2.24, 2.45) is 5.18 Å². The van der Waals surface area contributed by atoms with E-state index in [-0.39, 0.29) is 6.54 Å². The molecule has 0 radical (unpaired) electrons. The Morgan fingerprint density at radius 1 is 0.773 bits per heavy atom. The summed E-state index contributed by atoms with van der Waals surface area (Å²) in [6.07, 6.45) is 0. The van der Waals surface area contributed by atoms with E-state index in [2.05, 4.69) is 17.3 Å².